The van der Waals surface area contributed by atoms with Gasteiger partial charge in [0.1, 0.15) is 0 Å². The molecule has 1 aliphatic heterocycles. The Morgan fingerprint density at radius 1 is 1.14 bits per heavy atom. The second-order valence-electron chi connectivity index (χ2n) is 6.65. The van der Waals surface area contributed by atoms with Gasteiger partial charge in [-0.25, -0.2) is 0 Å². The molecule has 146 valence electrons. The number of carbonyl (C=O) groups is 2. The Balaban J connectivity index is 1.70. The molecule has 5 heteroatoms. The van der Waals surface area contributed by atoms with Gasteiger partial charge >= 0.3 is 0 Å². The highest BCUT2D eigenvalue weighted by molar-refractivity contribution is 6.07. The Hall–Kier alpha value is -3.08. The second-order valence-corrected chi connectivity index (χ2v) is 6.65. The summed E-state index contributed by atoms with van der Waals surface area (Å²) in [7, 11) is 1.60. The van der Waals surface area contributed by atoms with Gasteiger partial charge in [-0.1, -0.05) is 19.1 Å². The predicted molar refractivity (Wildman–Crippen MR) is 110 cm³/mol. The van der Waals surface area contributed by atoms with Crippen LogP contribution in [0.4, 0.5) is 5.69 Å². The third kappa shape index (κ3) is 4.60. The largest absolute Gasteiger partial charge is 0.493 e. The van der Waals surface area contributed by atoms with E-state index in [1.165, 1.54) is 0 Å². The minimum atomic E-state index is -0.0915. The molecule has 0 radical (unpaired) electrons. The van der Waals surface area contributed by atoms with Crippen molar-refractivity contribution in [1.82, 2.24) is 0 Å². The molecule has 1 amide bonds. The predicted octanol–water partition coefficient (Wildman–Crippen LogP) is 4.51. The van der Waals surface area contributed by atoms with Gasteiger partial charge in [-0.05, 0) is 60.9 Å². The number of benzene rings is 2. The summed E-state index contributed by atoms with van der Waals surface area (Å²) in [5.74, 6) is 1.38. The lowest BCUT2D eigenvalue weighted by Crippen LogP contribution is -2.23. The van der Waals surface area contributed by atoms with Crippen LogP contribution in [-0.4, -0.2) is 32.0 Å². The summed E-state index contributed by atoms with van der Waals surface area (Å²) >= 11 is 0. The number of nitrogens with zero attached hydrogens (tertiary/aromatic N) is 1. The third-order valence-electron chi connectivity index (χ3n) is 4.61. The summed E-state index contributed by atoms with van der Waals surface area (Å²) in [6.45, 7) is 3.39. The first-order valence-corrected chi connectivity index (χ1v) is 9.56. The molecule has 0 atom stereocenters. The number of ketones is 1. The van der Waals surface area contributed by atoms with Gasteiger partial charge in [0.05, 0.1) is 13.7 Å². The fourth-order valence-corrected chi connectivity index (χ4v) is 3.12. The molecule has 0 unspecified atom stereocenters. The van der Waals surface area contributed by atoms with E-state index in [-0.39, 0.29) is 11.7 Å². The molecule has 0 aliphatic carbocycles. The maximum atomic E-state index is 12.5. The van der Waals surface area contributed by atoms with Crippen LogP contribution in [-0.2, 0) is 4.79 Å². The van der Waals surface area contributed by atoms with Gasteiger partial charge < -0.3 is 14.4 Å². The minimum Gasteiger partial charge on any atom is -0.493 e. The molecule has 0 aromatic heterocycles. The van der Waals surface area contributed by atoms with Crippen molar-refractivity contribution < 1.29 is 19.1 Å². The molecular weight excluding hydrogens is 354 g/mol. The second kappa shape index (κ2) is 9.22. The van der Waals surface area contributed by atoms with Crippen molar-refractivity contribution in [3.05, 3.63) is 59.7 Å². The van der Waals surface area contributed by atoms with Crippen molar-refractivity contribution >= 4 is 23.5 Å². The minimum absolute atomic E-state index is 0.0915. The summed E-state index contributed by atoms with van der Waals surface area (Å²) in [5.41, 5.74) is 2.29. The lowest BCUT2D eigenvalue weighted by Gasteiger charge is -2.15. The summed E-state index contributed by atoms with van der Waals surface area (Å²) in [4.78, 5) is 26.1. The van der Waals surface area contributed by atoms with Crippen molar-refractivity contribution in [2.75, 3.05) is 25.2 Å². The molecule has 0 bridgehead atoms. The number of rotatable bonds is 8. The van der Waals surface area contributed by atoms with Crippen LogP contribution in [0.2, 0.25) is 0 Å². The van der Waals surface area contributed by atoms with E-state index in [0.29, 0.717) is 30.1 Å². The first kappa shape index (κ1) is 19.7. The molecular formula is C23H25NO4. The van der Waals surface area contributed by atoms with E-state index in [9.17, 15) is 9.59 Å². The molecule has 1 heterocycles. The SMILES string of the molecule is CCCOc1cc(/C=C/C(=O)c2ccc(N3CCCC3=O)cc2)ccc1OC. The van der Waals surface area contributed by atoms with Crippen LogP contribution in [0.25, 0.3) is 6.08 Å². The van der Waals surface area contributed by atoms with Crippen LogP contribution in [0.3, 0.4) is 0 Å². The fraction of sp³-hybridized carbons (Fsp3) is 0.304. The Kier molecular flexibility index (Phi) is 6.48. The quantitative estimate of drug-likeness (QED) is 0.500. The van der Waals surface area contributed by atoms with E-state index in [4.69, 9.17) is 9.47 Å². The average Bonchev–Trinajstić information content (AvgIpc) is 3.16. The molecule has 1 aliphatic rings. The molecule has 0 N–H and O–H groups in total. The van der Waals surface area contributed by atoms with Crippen molar-refractivity contribution in [3.8, 4) is 11.5 Å². The molecule has 2 aromatic rings. The van der Waals surface area contributed by atoms with Gasteiger partial charge in [-0.3, -0.25) is 9.59 Å². The molecule has 1 saturated heterocycles. The Labute approximate surface area is 165 Å². The number of methoxy groups -OCH3 is 1. The Morgan fingerprint density at radius 2 is 1.93 bits per heavy atom. The van der Waals surface area contributed by atoms with Crippen LogP contribution in [0, 0.1) is 0 Å². The number of anilines is 1. The first-order chi connectivity index (χ1) is 13.6. The zero-order chi connectivity index (χ0) is 19.9. The van der Waals surface area contributed by atoms with Gasteiger partial charge in [0.25, 0.3) is 0 Å². The summed E-state index contributed by atoms with van der Waals surface area (Å²) in [5, 5.41) is 0. The monoisotopic (exact) mass is 379 g/mol. The van der Waals surface area contributed by atoms with Gasteiger partial charge in [-0.15, -0.1) is 0 Å². The van der Waals surface area contributed by atoms with E-state index in [0.717, 1.165) is 30.6 Å². The lowest BCUT2D eigenvalue weighted by molar-refractivity contribution is -0.117. The molecule has 0 spiro atoms. The Morgan fingerprint density at radius 3 is 2.57 bits per heavy atom. The number of amides is 1. The molecule has 0 saturated carbocycles. The van der Waals surface area contributed by atoms with Crippen LogP contribution in [0.15, 0.2) is 48.5 Å². The molecule has 3 rings (SSSR count). The standard InChI is InChI=1S/C23H25NO4/c1-3-15-28-22-16-17(7-13-21(22)27-2)6-12-20(25)18-8-10-19(11-9-18)24-14-4-5-23(24)26/h6-13,16H,3-5,14-15H2,1-2H3/b12-6+. The van der Waals surface area contributed by atoms with Crippen molar-refractivity contribution in [3.63, 3.8) is 0 Å². The summed E-state index contributed by atoms with van der Waals surface area (Å²) in [6.07, 6.45) is 5.68. The van der Waals surface area contributed by atoms with E-state index in [1.807, 2.05) is 37.3 Å². The summed E-state index contributed by atoms with van der Waals surface area (Å²) in [6, 6.07) is 12.7. The maximum absolute atomic E-state index is 12.5. The van der Waals surface area contributed by atoms with Crippen molar-refractivity contribution in [2.45, 2.75) is 26.2 Å². The number of allylic oxidation sites excluding steroid dienone is 1. The van der Waals surface area contributed by atoms with Gasteiger partial charge in [0.15, 0.2) is 17.3 Å². The number of ether oxygens (including phenoxy) is 2. The smallest absolute Gasteiger partial charge is 0.227 e. The highest BCUT2D eigenvalue weighted by Gasteiger charge is 2.21. The molecule has 1 fully saturated rings. The van der Waals surface area contributed by atoms with E-state index >= 15 is 0 Å². The van der Waals surface area contributed by atoms with Gasteiger partial charge in [-0.2, -0.15) is 0 Å². The van der Waals surface area contributed by atoms with Crippen LogP contribution in [0.1, 0.15) is 42.1 Å². The average molecular weight is 379 g/mol. The van der Waals surface area contributed by atoms with Gasteiger partial charge in [0, 0.05) is 24.2 Å². The molecule has 5 nitrogen and oxygen atoms in total. The van der Waals surface area contributed by atoms with Crippen LogP contribution >= 0.6 is 0 Å². The molecule has 2 aromatic carbocycles. The number of hydrogen-bond acceptors (Lipinski definition) is 4. The topological polar surface area (TPSA) is 55.8 Å². The van der Waals surface area contributed by atoms with Crippen molar-refractivity contribution in [2.24, 2.45) is 0 Å². The zero-order valence-electron chi connectivity index (χ0n) is 16.3. The van der Waals surface area contributed by atoms with Crippen LogP contribution < -0.4 is 14.4 Å². The highest BCUT2D eigenvalue weighted by atomic mass is 16.5. The van der Waals surface area contributed by atoms with Crippen LogP contribution in [0.5, 0.6) is 11.5 Å². The normalized spacial score (nSPS) is 13.9. The van der Waals surface area contributed by atoms with E-state index in [2.05, 4.69) is 0 Å². The first-order valence-electron chi connectivity index (χ1n) is 9.56. The number of carbonyl (C=O) groups excluding carboxylic acids is 2. The van der Waals surface area contributed by atoms with E-state index < -0.39 is 0 Å². The van der Waals surface area contributed by atoms with Gasteiger partial charge in [0.2, 0.25) is 5.91 Å². The summed E-state index contributed by atoms with van der Waals surface area (Å²) < 4.78 is 11.0. The zero-order valence-corrected chi connectivity index (χ0v) is 16.3. The Bertz CT molecular complexity index is 871. The maximum Gasteiger partial charge on any atom is 0.227 e. The van der Waals surface area contributed by atoms with Crippen molar-refractivity contribution in [1.29, 1.82) is 0 Å². The number of hydrogen-bond donors (Lipinski definition) is 0. The van der Waals surface area contributed by atoms with E-state index in [1.54, 1.807) is 36.3 Å². The highest BCUT2D eigenvalue weighted by Crippen LogP contribution is 2.29. The molecule has 28 heavy (non-hydrogen) atoms. The fourth-order valence-electron chi connectivity index (χ4n) is 3.12. The lowest BCUT2D eigenvalue weighted by atomic mass is 10.1. The third-order valence-corrected chi connectivity index (χ3v) is 4.61.